The van der Waals surface area contributed by atoms with Crippen molar-refractivity contribution in [2.75, 3.05) is 0 Å². The third-order valence-electron chi connectivity index (χ3n) is 2.89. The first kappa shape index (κ1) is 12.2. The van der Waals surface area contributed by atoms with Crippen molar-refractivity contribution in [1.82, 2.24) is 0 Å². The van der Waals surface area contributed by atoms with E-state index in [1.54, 1.807) is 0 Å². The van der Waals surface area contributed by atoms with E-state index in [9.17, 15) is 4.80 Å². The fourth-order valence-electron chi connectivity index (χ4n) is 2.40. The molecule has 0 aliphatic rings. The summed E-state index contributed by atoms with van der Waals surface area (Å²) in [5.74, 6) is 0. The fourth-order valence-corrected chi connectivity index (χ4v) is 7.20. The van der Waals surface area contributed by atoms with Crippen molar-refractivity contribution in [3.05, 3.63) is 0 Å². The van der Waals surface area contributed by atoms with E-state index in [4.69, 9.17) is 0 Å². The Balaban J connectivity index is 4.89. The standard InChI is InChI=1S/C10H23OSi/c1-8(2)12(11,9(3)4)10(5,6)7/h8-9H,1-7H3. The van der Waals surface area contributed by atoms with Gasteiger partial charge in [0.15, 0.2) is 0 Å². The zero-order chi connectivity index (χ0) is 10.2. The predicted molar refractivity (Wildman–Crippen MR) is 56.4 cm³/mol. The van der Waals surface area contributed by atoms with Gasteiger partial charge >= 0.3 is 0 Å². The molecule has 0 N–H and O–H groups in total. The summed E-state index contributed by atoms with van der Waals surface area (Å²) in [6, 6.07) is 0. The molecule has 2 heteroatoms. The zero-order valence-electron chi connectivity index (χ0n) is 9.56. The van der Waals surface area contributed by atoms with E-state index in [1.807, 2.05) is 0 Å². The summed E-state index contributed by atoms with van der Waals surface area (Å²) in [6.45, 7) is 14.7. The van der Waals surface area contributed by atoms with Crippen LogP contribution in [0.3, 0.4) is 0 Å². The van der Waals surface area contributed by atoms with E-state index in [0.29, 0.717) is 11.1 Å². The van der Waals surface area contributed by atoms with Crippen molar-refractivity contribution < 1.29 is 4.80 Å². The molecule has 0 bridgehead atoms. The SMILES string of the molecule is CC(C)[Si]([O])(C(C)C)C(C)(C)C. The van der Waals surface area contributed by atoms with Crippen LogP contribution in [0.2, 0.25) is 16.1 Å². The molecule has 0 aromatic heterocycles. The topological polar surface area (TPSA) is 19.9 Å². The van der Waals surface area contributed by atoms with Crippen LogP contribution < -0.4 is 0 Å². The molecule has 0 fully saturated rings. The van der Waals surface area contributed by atoms with Crippen molar-refractivity contribution in [3.63, 3.8) is 0 Å². The largest absolute Gasteiger partial charge is 0.296 e. The van der Waals surface area contributed by atoms with Crippen LogP contribution in [0.15, 0.2) is 0 Å². The summed E-state index contributed by atoms with van der Waals surface area (Å²) in [7, 11) is -2.36. The van der Waals surface area contributed by atoms with E-state index >= 15 is 0 Å². The Kier molecular flexibility index (Phi) is 3.56. The van der Waals surface area contributed by atoms with Gasteiger partial charge in [0.25, 0.3) is 0 Å². The van der Waals surface area contributed by atoms with Crippen LogP contribution in [-0.2, 0) is 4.80 Å². The quantitative estimate of drug-likeness (QED) is 0.583. The first-order valence-corrected chi connectivity index (χ1v) is 6.90. The van der Waals surface area contributed by atoms with Crippen molar-refractivity contribution in [2.45, 2.75) is 64.6 Å². The minimum atomic E-state index is -2.36. The van der Waals surface area contributed by atoms with Gasteiger partial charge in [-0.1, -0.05) is 48.5 Å². The molecular weight excluding hydrogens is 164 g/mol. The first-order valence-electron chi connectivity index (χ1n) is 4.84. The van der Waals surface area contributed by atoms with Gasteiger partial charge in [-0.25, -0.2) is 0 Å². The van der Waals surface area contributed by atoms with Gasteiger partial charge in [-0.3, -0.25) is 4.80 Å². The maximum atomic E-state index is 12.7. The van der Waals surface area contributed by atoms with Crippen LogP contribution in [0, 0.1) is 0 Å². The van der Waals surface area contributed by atoms with E-state index in [-0.39, 0.29) is 5.04 Å². The second-order valence-corrected chi connectivity index (χ2v) is 10.7. The summed E-state index contributed by atoms with van der Waals surface area (Å²) < 4.78 is 0. The molecule has 0 aliphatic carbocycles. The van der Waals surface area contributed by atoms with Crippen LogP contribution in [0.25, 0.3) is 0 Å². The van der Waals surface area contributed by atoms with Crippen molar-refractivity contribution >= 4 is 8.32 Å². The molecule has 1 radical (unpaired) electrons. The Morgan fingerprint density at radius 3 is 1.17 bits per heavy atom. The molecule has 0 heterocycles. The molecule has 0 amide bonds. The maximum absolute atomic E-state index is 12.7. The lowest BCUT2D eigenvalue weighted by Crippen LogP contribution is -2.48. The van der Waals surface area contributed by atoms with Crippen molar-refractivity contribution in [1.29, 1.82) is 0 Å². The summed E-state index contributed by atoms with van der Waals surface area (Å²) in [4.78, 5) is 12.7. The van der Waals surface area contributed by atoms with E-state index in [0.717, 1.165) is 0 Å². The Morgan fingerprint density at radius 1 is 0.917 bits per heavy atom. The molecule has 1 nitrogen and oxygen atoms in total. The minimum absolute atomic E-state index is 0.0185. The highest BCUT2D eigenvalue weighted by molar-refractivity contribution is 6.77. The average Bonchev–Trinajstić information content (AvgIpc) is 1.82. The lowest BCUT2D eigenvalue weighted by Gasteiger charge is -2.41. The molecule has 0 aromatic carbocycles. The molecule has 0 saturated carbocycles. The lowest BCUT2D eigenvalue weighted by atomic mass is 10.2. The summed E-state index contributed by atoms with van der Waals surface area (Å²) in [5, 5.41) is -0.0185. The second kappa shape index (κ2) is 3.50. The molecule has 0 saturated heterocycles. The summed E-state index contributed by atoms with van der Waals surface area (Å²) in [5.41, 5.74) is 0.662. The smallest absolute Gasteiger partial charge is 0.247 e. The Hall–Kier alpha value is 0.177. The van der Waals surface area contributed by atoms with Crippen LogP contribution in [0.5, 0.6) is 0 Å². The van der Waals surface area contributed by atoms with Crippen LogP contribution in [0.1, 0.15) is 48.5 Å². The zero-order valence-corrected chi connectivity index (χ0v) is 10.6. The monoisotopic (exact) mass is 187 g/mol. The van der Waals surface area contributed by atoms with Crippen molar-refractivity contribution in [3.8, 4) is 0 Å². The van der Waals surface area contributed by atoms with Gasteiger partial charge in [0.2, 0.25) is 8.32 Å². The average molecular weight is 187 g/mol. The highest BCUT2D eigenvalue weighted by Crippen LogP contribution is 2.48. The highest BCUT2D eigenvalue weighted by atomic mass is 28.4. The molecule has 73 valence electrons. The summed E-state index contributed by atoms with van der Waals surface area (Å²) in [6.07, 6.45) is 0. The second-order valence-electron chi connectivity index (χ2n) is 5.35. The molecule has 0 spiro atoms. The number of hydrogen-bond donors (Lipinski definition) is 0. The van der Waals surface area contributed by atoms with E-state index in [2.05, 4.69) is 48.5 Å². The van der Waals surface area contributed by atoms with E-state index in [1.165, 1.54) is 0 Å². The number of rotatable bonds is 2. The molecule has 0 unspecified atom stereocenters. The van der Waals surface area contributed by atoms with Crippen LogP contribution in [-0.4, -0.2) is 8.32 Å². The minimum Gasteiger partial charge on any atom is -0.296 e. The predicted octanol–water partition coefficient (Wildman–Crippen LogP) is 3.98. The third-order valence-corrected chi connectivity index (χ3v) is 8.66. The molecular formula is C10H23OSi. The van der Waals surface area contributed by atoms with Gasteiger partial charge in [-0.2, -0.15) is 0 Å². The summed E-state index contributed by atoms with van der Waals surface area (Å²) >= 11 is 0. The molecule has 0 aromatic rings. The normalized spacial score (nSPS) is 14.5. The first-order chi connectivity index (χ1) is 5.14. The molecule has 0 rings (SSSR count). The van der Waals surface area contributed by atoms with Gasteiger partial charge < -0.3 is 0 Å². The Bertz CT molecular complexity index is 136. The van der Waals surface area contributed by atoms with Gasteiger partial charge in [0.1, 0.15) is 0 Å². The lowest BCUT2D eigenvalue weighted by molar-refractivity contribution is 0.348. The fraction of sp³-hybridized carbons (Fsp3) is 1.00. The van der Waals surface area contributed by atoms with Gasteiger partial charge in [0, 0.05) is 0 Å². The molecule has 12 heavy (non-hydrogen) atoms. The Morgan fingerprint density at radius 2 is 1.17 bits per heavy atom. The Labute approximate surface area is 78.3 Å². The van der Waals surface area contributed by atoms with Gasteiger partial charge in [-0.05, 0) is 16.1 Å². The maximum Gasteiger partial charge on any atom is 0.247 e. The van der Waals surface area contributed by atoms with Crippen LogP contribution >= 0.6 is 0 Å². The number of hydrogen-bond acceptors (Lipinski definition) is 0. The van der Waals surface area contributed by atoms with Crippen LogP contribution in [0.4, 0.5) is 0 Å². The highest BCUT2D eigenvalue weighted by Gasteiger charge is 2.50. The van der Waals surface area contributed by atoms with Gasteiger partial charge in [0.05, 0.1) is 0 Å². The molecule has 0 aliphatic heterocycles. The molecule has 0 atom stereocenters. The third kappa shape index (κ3) is 1.91. The van der Waals surface area contributed by atoms with Gasteiger partial charge in [-0.15, -0.1) is 0 Å². The van der Waals surface area contributed by atoms with Crippen molar-refractivity contribution in [2.24, 2.45) is 0 Å². The van der Waals surface area contributed by atoms with E-state index < -0.39 is 8.32 Å².